The molecule has 0 aliphatic carbocycles. The molecule has 10 heavy (non-hydrogen) atoms. The van der Waals surface area contributed by atoms with Gasteiger partial charge in [0.05, 0.1) is 0 Å². The molecule has 0 bridgehead atoms. The van der Waals surface area contributed by atoms with E-state index < -0.39 is 11.6 Å². The van der Waals surface area contributed by atoms with Gasteiger partial charge in [0.1, 0.15) is 18.3 Å². The van der Waals surface area contributed by atoms with Crippen LogP contribution in [0.25, 0.3) is 0 Å². The largest absolute Gasteiger partial charge is 0.251 e. The van der Waals surface area contributed by atoms with Gasteiger partial charge in [0.15, 0.2) is 5.82 Å². The molecule has 0 fully saturated rings. The lowest BCUT2D eigenvalue weighted by Gasteiger charge is -1.96. The molecule has 0 aliphatic heterocycles. The maximum Gasteiger partial charge on any atom is 0.158 e. The van der Waals surface area contributed by atoms with Gasteiger partial charge in [-0.2, -0.15) is 0 Å². The topological polar surface area (TPSA) is 12.9 Å². The SMILES string of the molecule is [B]c1nc(Br)c(F)cc1F. The minimum absolute atomic E-state index is 0.0774. The number of pyridine rings is 1. The second kappa shape index (κ2) is 2.66. The van der Waals surface area contributed by atoms with Crippen molar-refractivity contribution in [2.75, 3.05) is 0 Å². The maximum absolute atomic E-state index is 12.4. The van der Waals surface area contributed by atoms with E-state index in [2.05, 4.69) is 20.9 Å². The zero-order valence-electron chi connectivity index (χ0n) is 4.74. The van der Waals surface area contributed by atoms with Gasteiger partial charge in [-0.3, -0.25) is 4.98 Å². The second-order valence-electron chi connectivity index (χ2n) is 1.63. The van der Waals surface area contributed by atoms with Gasteiger partial charge in [-0.25, -0.2) is 8.78 Å². The molecule has 2 radical (unpaired) electrons. The average Bonchev–Trinajstić information content (AvgIpc) is 1.84. The Morgan fingerprint density at radius 1 is 1.40 bits per heavy atom. The highest BCUT2D eigenvalue weighted by Gasteiger charge is 2.04. The van der Waals surface area contributed by atoms with E-state index in [4.69, 9.17) is 7.85 Å². The highest BCUT2D eigenvalue weighted by molar-refractivity contribution is 9.10. The van der Waals surface area contributed by atoms with Crippen LogP contribution in [0.5, 0.6) is 0 Å². The zero-order valence-corrected chi connectivity index (χ0v) is 6.32. The van der Waals surface area contributed by atoms with Gasteiger partial charge >= 0.3 is 0 Å². The predicted octanol–water partition coefficient (Wildman–Crippen LogP) is 0.916. The summed E-state index contributed by atoms with van der Waals surface area (Å²) in [6.45, 7) is 0. The lowest BCUT2D eigenvalue weighted by molar-refractivity contribution is 0.574. The molecule has 0 aliphatic rings. The van der Waals surface area contributed by atoms with Crippen LogP contribution >= 0.6 is 15.9 Å². The summed E-state index contributed by atoms with van der Waals surface area (Å²) in [6, 6.07) is 0.673. The highest BCUT2D eigenvalue weighted by Crippen LogP contribution is 2.09. The molecule has 0 amide bonds. The molecule has 5 heteroatoms. The van der Waals surface area contributed by atoms with Gasteiger partial charge in [-0.15, -0.1) is 0 Å². The number of rotatable bonds is 0. The van der Waals surface area contributed by atoms with Gasteiger partial charge in [0.2, 0.25) is 0 Å². The van der Waals surface area contributed by atoms with Crippen LogP contribution in [0.15, 0.2) is 10.7 Å². The summed E-state index contributed by atoms with van der Waals surface area (Å²) in [4.78, 5) is 3.32. The van der Waals surface area contributed by atoms with Crippen LogP contribution in [0.3, 0.4) is 0 Å². The van der Waals surface area contributed by atoms with Crippen molar-refractivity contribution in [3.05, 3.63) is 22.3 Å². The fourth-order valence-electron chi connectivity index (χ4n) is 0.457. The Hall–Kier alpha value is -0.445. The lowest BCUT2D eigenvalue weighted by Crippen LogP contribution is -2.14. The van der Waals surface area contributed by atoms with Crippen molar-refractivity contribution < 1.29 is 8.78 Å². The first-order valence-corrected chi connectivity index (χ1v) is 3.17. The van der Waals surface area contributed by atoms with E-state index in [9.17, 15) is 8.78 Å². The number of hydrogen-bond acceptors (Lipinski definition) is 1. The van der Waals surface area contributed by atoms with E-state index in [1.54, 1.807) is 0 Å². The van der Waals surface area contributed by atoms with Crippen LogP contribution in [0.4, 0.5) is 8.78 Å². The van der Waals surface area contributed by atoms with Crippen LogP contribution in [0.1, 0.15) is 0 Å². The molecular formula is C5HBBrF2N. The molecule has 0 saturated carbocycles. The van der Waals surface area contributed by atoms with Gasteiger partial charge in [0, 0.05) is 11.7 Å². The Kier molecular flexibility index (Phi) is 2.04. The molecule has 1 rings (SSSR count). The van der Waals surface area contributed by atoms with E-state index in [1.165, 1.54) is 0 Å². The molecule has 0 unspecified atom stereocenters. The fourth-order valence-corrected chi connectivity index (χ4v) is 0.763. The molecule has 1 aromatic rings. The molecule has 50 valence electrons. The molecule has 1 nitrogen and oxygen atoms in total. The molecule has 0 atom stereocenters. The zero-order chi connectivity index (χ0) is 7.72. The summed E-state index contributed by atoms with van der Waals surface area (Å²) in [5.41, 5.74) is -0.312. The summed E-state index contributed by atoms with van der Waals surface area (Å²) in [7, 11) is 5.01. The fraction of sp³-hybridized carbons (Fsp3) is 0. The summed E-state index contributed by atoms with van der Waals surface area (Å²) in [5, 5.41) is 0. The van der Waals surface area contributed by atoms with Crippen LogP contribution in [0.2, 0.25) is 0 Å². The molecule has 1 heterocycles. The van der Waals surface area contributed by atoms with Crippen molar-refractivity contribution in [3.8, 4) is 0 Å². The third kappa shape index (κ3) is 1.34. The quantitative estimate of drug-likeness (QED) is 0.452. The molecule has 0 spiro atoms. The monoisotopic (exact) mass is 203 g/mol. The third-order valence-corrected chi connectivity index (χ3v) is 1.47. The number of hydrogen-bond donors (Lipinski definition) is 0. The van der Waals surface area contributed by atoms with Crippen molar-refractivity contribution in [3.63, 3.8) is 0 Å². The summed E-state index contributed by atoms with van der Waals surface area (Å²) in [6.07, 6.45) is 0. The molecular weight excluding hydrogens is 203 g/mol. The van der Waals surface area contributed by atoms with Gasteiger partial charge in [-0.1, -0.05) is 0 Å². The van der Waals surface area contributed by atoms with Crippen LogP contribution in [0, 0.1) is 11.6 Å². The van der Waals surface area contributed by atoms with Gasteiger partial charge in [0.25, 0.3) is 0 Å². The van der Waals surface area contributed by atoms with E-state index in [0.29, 0.717) is 6.07 Å². The van der Waals surface area contributed by atoms with E-state index >= 15 is 0 Å². The van der Waals surface area contributed by atoms with Gasteiger partial charge in [-0.05, 0) is 15.9 Å². The van der Waals surface area contributed by atoms with Crippen LogP contribution < -0.4 is 5.59 Å². The lowest BCUT2D eigenvalue weighted by atomic mass is 10.0. The Morgan fingerprint density at radius 2 is 2.00 bits per heavy atom. The van der Waals surface area contributed by atoms with Crippen molar-refractivity contribution in [1.82, 2.24) is 4.98 Å². The second-order valence-corrected chi connectivity index (χ2v) is 2.38. The van der Waals surface area contributed by atoms with Crippen LogP contribution in [-0.2, 0) is 0 Å². The minimum Gasteiger partial charge on any atom is -0.251 e. The van der Waals surface area contributed by atoms with Crippen molar-refractivity contribution in [1.29, 1.82) is 0 Å². The highest BCUT2D eigenvalue weighted by atomic mass is 79.9. The normalized spacial score (nSPS) is 9.90. The van der Waals surface area contributed by atoms with Crippen LogP contribution in [-0.4, -0.2) is 12.8 Å². The Bertz CT molecular complexity index is 216. The predicted molar refractivity (Wildman–Crippen MR) is 37.2 cm³/mol. The Morgan fingerprint density at radius 3 is 2.50 bits per heavy atom. The smallest absolute Gasteiger partial charge is 0.158 e. The first-order valence-electron chi connectivity index (χ1n) is 2.38. The van der Waals surface area contributed by atoms with Gasteiger partial charge < -0.3 is 0 Å². The molecule has 1 aromatic heterocycles. The standard InChI is InChI=1S/C5HBBrF2N/c6-4-2(8)1-3(9)5(7)10-4/h1H. The first kappa shape index (κ1) is 7.66. The average molecular weight is 204 g/mol. The minimum atomic E-state index is -0.847. The van der Waals surface area contributed by atoms with Crippen molar-refractivity contribution in [2.24, 2.45) is 0 Å². The summed E-state index contributed by atoms with van der Waals surface area (Å²) >= 11 is 2.75. The van der Waals surface area contributed by atoms with E-state index in [-0.39, 0.29) is 10.2 Å². The Labute approximate surface area is 66.0 Å². The van der Waals surface area contributed by atoms with Crippen molar-refractivity contribution >= 4 is 29.4 Å². The Balaban J connectivity index is 3.28. The van der Waals surface area contributed by atoms with Crippen molar-refractivity contribution in [2.45, 2.75) is 0 Å². The molecule has 0 N–H and O–H groups in total. The molecule has 0 aromatic carbocycles. The maximum atomic E-state index is 12.4. The number of halogens is 3. The molecule has 0 saturated heterocycles. The number of nitrogens with zero attached hydrogens (tertiary/aromatic N) is 1. The van der Waals surface area contributed by atoms with E-state index in [0.717, 1.165) is 0 Å². The van der Waals surface area contributed by atoms with E-state index in [1.807, 2.05) is 0 Å². The first-order chi connectivity index (χ1) is 4.61. The summed E-state index contributed by atoms with van der Waals surface area (Å²) in [5.74, 6) is -1.60. The third-order valence-electron chi connectivity index (χ3n) is 0.914. The number of aromatic nitrogens is 1. The summed E-state index contributed by atoms with van der Waals surface area (Å²) < 4.78 is 24.6.